The van der Waals surface area contributed by atoms with Gasteiger partial charge in [-0.25, -0.2) is 0 Å². The van der Waals surface area contributed by atoms with Gasteiger partial charge in [0, 0.05) is 5.56 Å². The predicted molar refractivity (Wildman–Crippen MR) is 59.6 cm³/mol. The second-order valence-corrected chi connectivity index (χ2v) is 3.46. The van der Waals surface area contributed by atoms with Crippen molar-refractivity contribution in [3.05, 3.63) is 61.1 Å². The third-order valence-corrected chi connectivity index (χ3v) is 2.56. The van der Waals surface area contributed by atoms with Gasteiger partial charge in [-0.15, -0.1) is 0 Å². The standard InChI is InChI=1S/C14H9O/c1-2-4-11(5-3-1)13-7-6-12-8-9-15-10-14(12)13/h1-2,4-10H. The lowest BCUT2D eigenvalue weighted by Crippen LogP contribution is -1.77. The van der Waals surface area contributed by atoms with E-state index in [1.807, 2.05) is 24.3 Å². The molecule has 0 spiro atoms. The fourth-order valence-corrected chi connectivity index (χ4v) is 1.82. The van der Waals surface area contributed by atoms with Crippen LogP contribution in [0.2, 0.25) is 0 Å². The molecule has 1 nitrogen and oxygen atoms in total. The van der Waals surface area contributed by atoms with Gasteiger partial charge in [-0.3, -0.25) is 0 Å². The van der Waals surface area contributed by atoms with Gasteiger partial charge in [-0.1, -0.05) is 30.3 Å². The Kier molecular flexibility index (Phi) is 1.82. The number of fused-ring (bicyclic) bond motifs is 1. The van der Waals surface area contributed by atoms with Crippen molar-refractivity contribution in [2.24, 2.45) is 0 Å². The number of hydrogen-bond acceptors (Lipinski definition) is 1. The molecule has 0 fully saturated rings. The number of hydrogen-bond donors (Lipinski definition) is 0. The molecule has 0 saturated heterocycles. The third-order valence-electron chi connectivity index (χ3n) is 2.56. The van der Waals surface area contributed by atoms with Crippen molar-refractivity contribution in [3.8, 4) is 22.3 Å². The highest BCUT2D eigenvalue weighted by atomic mass is 16.3. The van der Waals surface area contributed by atoms with E-state index in [0.29, 0.717) is 0 Å². The van der Waals surface area contributed by atoms with E-state index in [1.54, 1.807) is 12.5 Å². The first-order valence-corrected chi connectivity index (χ1v) is 4.86. The van der Waals surface area contributed by atoms with Crippen molar-refractivity contribution in [2.75, 3.05) is 0 Å². The van der Waals surface area contributed by atoms with Gasteiger partial charge in [0.05, 0.1) is 12.5 Å². The Morgan fingerprint density at radius 2 is 1.93 bits per heavy atom. The zero-order valence-corrected chi connectivity index (χ0v) is 8.10. The van der Waals surface area contributed by atoms with E-state index in [2.05, 4.69) is 24.3 Å². The maximum absolute atomic E-state index is 5.20. The summed E-state index contributed by atoms with van der Waals surface area (Å²) in [7, 11) is 0. The zero-order chi connectivity index (χ0) is 10.1. The van der Waals surface area contributed by atoms with E-state index in [1.165, 1.54) is 16.7 Å². The van der Waals surface area contributed by atoms with E-state index in [0.717, 1.165) is 5.56 Å². The van der Waals surface area contributed by atoms with Crippen LogP contribution in [0.15, 0.2) is 59.4 Å². The Labute approximate surface area is 88.3 Å². The van der Waals surface area contributed by atoms with Crippen molar-refractivity contribution in [3.63, 3.8) is 0 Å². The minimum atomic E-state index is 1.15. The molecule has 71 valence electrons. The van der Waals surface area contributed by atoms with Crippen molar-refractivity contribution in [2.45, 2.75) is 0 Å². The van der Waals surface area contributed by atoms with Gasteiger partial charge in [0.2, 0.25) is 0 Å². The molecule has 1 aliphatic heterocycles. The molecule has 0 unspecified atom stereocenters. The lowest BCUT2D eigenvalue weighted by Gasteiger charge is -2.02. The quantitative estimate of drug-likeness (QED) is 0.572. The summed E-state index contributed by atoms with van der Waals surface area (Å²) in [5, 5.41) is 0. The first-order chi connectivity index (χ1) is 7.45. The van der Waals surface area contributed by atoms with Crippen LogP contribution in [0.5, 0.6) is 0 Å². The molecule has 0 bridgehead atoms. The smallest absolute Gasteiger partial charge is 0.0986 e. The van der Waals surface area contributed by atoms with Crippen molar-refractivity contribution >= 4 is 0 Å². The van der Waals surface area contributed by atoms with E-state index in [4.69, 9.17) is 4.42 Å². The lowest BCUT2D eigenvalue weighted by molar-refractivity contribution is 0.552. The van der Waals surface area contributed by atoms with E-state index < -0.39 is 0 Å². The van der Waals surface area contributed by atoms with Crippen LogP contribution in [0, 0.1) is 6.07 Å². The van der Waals surface area contributed by atoms with Crippen LogP contribution in [0.25, 0.3) is 22.3 Å². The minimum absolute atomic E-state index is 1.15. The summed E-state index contributed by atoms with van der Waals surface area (Å²) in [4.78, 5) is 0. The average Bonchev–Trinajstić information content (AvgIpc) is 2.74. The van der Waals surface area contributed by atoms with Gasteiger partial charge in [0.15, 0.2) is 0 Å². The van der Waals surface area contributed by atoms with Crippen molar-refractivity contribution in [1.82, 2.24) is 0 Å². The first kappa shape index (κ1) is 8.30. The van der Waals surface area contributed by atoms with Crippen LogP contribution < -0.4 is 0 Å². The van der Waals surface area contributed by atoms with Gasteiger partial charge in [-0.05, 0) is 34.9 Å². The van der Waals surface area contributed by atoms with Crippen molar-refractivity contribution < 1.29 is 4.42 Å². The minimum Gasteiger partial charge on any atom is -0.472 e. The summed E-state index contributed by atoms with van der Waals surface area (Å²) >= 11 is 0. The Balaban J connectivity index is 2.22. The monoisotopic (exact) mass is 193 g/mol. The summed E-state index contributed by atoms with van der Waals surface area (Å²) in [6, 6.07) is 17.2. The molecule has 0 aromatic heterocycles. The Morgan fingerprint density at radius 1 is 0.933 bits per heavy atom. The molecule has 0 saturated carbocycles. The fraction of sp³-hybridized carbons (Fsp3) is 0. The maximum Gasteiger partial charge on any atom is 0.0986 e. The van der Waals surface area contributed by atoms with Crippen LogP contribution in [-0.4, -0.2) is 0 Å². The molecule has 1 heteroatoms. The molecule has 1 aliphatic carbocycles. The molecule has 1 aromatic rings. The summed E-state index contributed by atoms with van der Waals surface area (Å²) in [6.07, 6.45) is 3.49. The summed E-state index contributed by atoms with van der Waals surface area (Å²) in [6.45, 7) is 0. The second-order valence-electron chi connectivity index (χ2n) is 3.46. The van der Waals surface area contributed by atoms with Gasteiger partial charge in [0.25, 0.3) is 0 Å². The predicted octanol–water partition coefficient (Wildman–Crippen LogP) is 3.85. The highest BCUT2D eigenvalue weighted by Crippen LogP contribution is 2.34. The molecule has 0 N–H and O–H groups in total. The average molecular weight is 193 g/mol. The largest absolute Gasteiger partial charge is 0.472 e. The molecule has 0 amide bonds. The molecule has 15 heavy (non-hydrogen) atoms. The molecular weight excluding hydrogens is 184 g/mol. The molecule has 3 rings (SSSR count). The van der Waals surface area contributed by atoms with E-state index in [9.17, 15) is 0 Å². The summed E-state index contributed by atoms with van der Waals surface area (Å²) in [5.41, 5.74) is 4.73. The Hall–Kier alpha value is -2.02. The number of rotatable bonds is 1. The first-order valence-electron chi connectivity index (χ1n) is 4.86. The highest BCUT2D eigenvalue weighted by Gasteiger charge is 2.10. The van der Waals surface area contributed by atoms with Crippen molar-refractivity contribution in [1.29, 1.82) is 0 Å². The molecule has 1 aromatic carbocycles. The van der Waals surface area contributed by atoms with Gasteiger partial charge in [0.1, 0.15) is 0 Å². The van der Waals surface area contributed by atoms with Crippen LogP contribution in [0.3, 0.4) is 0 Å². The van der Waals surface area contributed by atoms with E-state index in [-0.39, 0.29) is 0 Å². The van der Waals surface area contributed by atoms with Crippen LogP contribution in [0.1, 0.15) is 0 Å². The highest BCUT2D eigenvalue weighted by molar-refractivity contribution is 5.85. The normalized spacial score (nSPS) is 10.7. The molecule has 1 heterocycles. The molecule has 2 aliphatic rings. The van der Waals surface area contributed by atoms with Gasteiger partial charge < -0.3 is 4.42 Å². The maximum atomic E-state index is 5.20. The summed E-state index contributed by atoms with van der Waals surface area (Å²) < 4.78 is 5.20. The van der Waals surface area contributed by atoms with Gasteiger partial charge >= 0.3 is 0 Å². The molecular formula is C14H9O. The second kappa shape index (κ2) is 3.28. The molecule has 1 radical (unpaired) electrons. The lowest BCUT2D eigenvalue weighted by atomic mass is 10.0. The molecule has 0 atom stereocenters. The summed E-state index contributed by atoms with van der Waals surface area (Å²) in [5.74, 6) is 0. The fourth-order valence-electron chi connectivity index (χ4n) is 1.82. The Morgan fingerprint density at radius 3 is 2.80 bits per heavy atom. The Bertz CT molecular complexity index is 536. The van der Waals surface area contributed by atoms with E-state index >= 15 is 0 Å². The SMILES string of the molecule is [c]1cccc(-c2ccc3ccocc2-3)c1. The number of benzene rings is 1. The van der Waals surface area contributed by atoms with Crippen LogP contribution in [0.4, 0.5) is 0 Å². The van der Waals surface area contributed by atoms with Crippen LogP contribution in [-0.2, 0) is 0 Å². The van der Waals surface area contributed by atoms with Gasteiger partial charge in [-0.2, -0.15) is 0 Å². The van der Waals surface area contributed by atoms with Crippen LogP contribution >= 0.6 is 0 Å². The third kappa shape index (κ3) is 1.33. The topological polar surface area (TPSA) is 13.1 Å². The zero-order valence-electron chi connectivity index (χ0n) is 8.10.